The van der Waals surface area contributed by atoms with Crippen LogP contribution in [-0.4, -0.2) is 36.2 Å². The molecule has 0 saturated carbocycles. The van der Waals surface area contributed by atoms with Crippen LogP contribution in [0, 0.1) is 11.3 Å². The quantitative estimate of drug-likeness (QED) is 0.567. The van der Waals surface area contributed by atoms with Gasteiger partial charge in [0.25, 0.3) is 0 Å². The molecule has 1 aliphatic heterocycles. The number of methoxy groups -OCH3 is 2. The number of pyridine rings is 1. The molecule has 0 spiro atoms. The van der Waals surface area contributed by atoms with Crippen molar-refractivity contribution in [3.8, 4) is 11.8 Å². The van der Waals surface area contributed by atoms with Crippen molar-refractivity contribution in [1.82, 2.24) is 4.98 Å². The molecule has 0 fully saturated rings. The first-order valence-electron chi connectivity index (χ1n) is 10.2. The smallest absolute Gasteiger partial charge is 0.355 e. The van der Waals surface area contributed by atoms with Gasteiger partial charge in [-0.15, -0.1) is 0 Å². The van der Waals surface area contributed by atoms with E-state index in [1.54, 1.807) is 48.5 Å². The molecule has 1 atom stereocenters. The van der Waals surface area contributed by atoms with Crippen LogP contribution < -0.4 is 10.6 Å². The fourth-order valence-corrected chi connectivity index (χ4v) is 4.02. The van der Waals surface area contributed by atoms with Crippen LogP contribution in [0.4, 0.5) is 5.69 Å². The average molecular weight is 456 g/mol. The summed E-state index contributed by atoms with van der Waals surface area (Å²) in [6, 6.07) is 17.3. The lowest BCUT2D eigenvalue weighted by atomic mass is 9.81. The third kappa shape index (κ3) is 3.67. The van der Waals surface area contributed by atoms with Gasteiger partial charge < -0.3 is 20.3 Å². The van der Waals surface area contributed by atoms with Gasteiger partial charge in [-0.1, -0.05) is 36.4 Å². The van der Waals surface area contributed by atoms with Crippen LogP contribution in [0.25, 0.3) is 10.9 Å². The average Bonchev–Trinajstić information content (AvgIpc) is 2.87. The van der Waals surface area contributed by atoms with E-state index in [4.69, 9.17) is 15.2 Å². The van der Waals surface area contributed by atoms with Crippen molar-refractivity contribution in [2.75, 3.05) is 19.1 Å². The van der Waals surface area contributed by atoms with E-state index in [0.717, 1.165) is 0 Å². The molecule has 1 aliphatic rings. The van der Waals surface area contributed by atoms with Gasteiger partial charge in [-0.3, -0.25) is 9.88 Å². The molecule has 0 bridgehead atoms. The van der Waals surface area contributed by atoms with Crippen LogP contribution in [0.5, 0.6) is 5.75 Å². The third-order valence-electron chi connectivity index (χ3n) is 5.52. The molecule has 0 radical (unpaired) electrons. The number of nitrogens with two attached hydrogens (primary N) is 1. The number of anilines is 1. The number of hydrogen-bond acceptors (Lipinski definition) is 9. The van der Waals surface area contributed by atoms with Crippen molar-refractivity contribution < 1.29 is 24.2 Å². The van der Waals surface area contributed by atoms with Crippen molar-refractivity contribution >= 4 is 28.5 Å². The molecule has 0 aliphatic carbocycles. The highest BCUT2D eigenvalue weighted by Gasteiger charge is 2.43. The Hall–Kier alpha value is -4.84. The topological polar surface area (TPSA) is 139 Å². The number of aromatic hydroxyl groups is 1. The molecule has 170 valence electrons. The van der Waals surface area contributed by atoms with Gasteiger partial charge in [0.1, 0.15) is 17.3 Å². The Kier molecular flexibility index (Phi) is 5.89. The Morgan fingerprint density at radius 2 is 1.79 bits per heavy atom. The van der Waals surface area contributed by atoms with Crippen LogP contribution in [0.1, 0.15) is 11.5 Å². The highest BCUT2D eigenvalue weighted by molar-refractivity contribution is 6.06. The first-order valence-corrected chi connectivity index (χ1v) is 10.2. The predicted octanol–water partition coefficient (Wildman–Crippen LogP) is 2.84. The van der Waals surface area contributed by atoms with E-state index in [2.05, 4.69) is 11.1 Å². The summed E-state index contributed by atoms with van der Waals surface area (Å²) in [5.74, 6) is -2.62. The minimum atomic E-state index is -0.945. The van der Waals surface area contributed by atoms with Gasteiger partial charge in [-0.2, -0.15) is 5.26 Å². The van der Waals surface area contributed by atoms with E-state index >= 15 is 0 Å². The second-order valence-corrected chi connectivity index (χ2v) is 7.41. The van der Waals surface area contributed by atoms with Gasteiger partial charge in [-0.05, 0) is 23.8 Å². The lowest BCUT2D eigenvalue weighted by molar-refractivity contribution is -0.139. The number of allylic oxidation sites excluding steroid dienone is 1. The van der Waals surface area contributed by atoms with E-state index in [1.807, 2.05) is 0 Å². The molecular formula is C25H20N4O5. The van der Waals surface area contributed by atoms with Gasteiger partial charge in [0.05, 0.1) is 54.8 Å². The Morgan fingerprint density at radius 1 is 1.09 bits per heavy atom. The summed E-state index contributed by atoms with van der Waals surface area (Å²) in [5, 5.41) is 20.4. The van der Waals surface area contributed by atoms with Gasteiger partial charge in [-0.25, -0.2) is 9.59 Å². The minimum Gasteiger partial charge on any atom is -0.506 e. The zero-order valence-corrected chi connectivity index (χ0v) is 18.4. The van der Waals surface area contributed by atoms with Crippen LogP contribution in [0.2, 0.25) is 0 Å². The van der Waals surface area contributed by atoms with E-state index in [9.17, 15) is 20.0 Å². The van der Waals surface area contributed by atoms with Gasteiger partial charge in [0, 0.05) is 5.39 Å². The van der Waals surface area contributed by atoms with Crippen molar-refractivity contribution in [3.05, 3.63) is 89.0 Å². The number of rotatable bonds is 4. The van der Waals surface area contributed by atoms with Crippen LogP contribution >= 0.6 is 0 Å². The molecule has 0 saturated heterocycles. The Bertz CT molecular complexity index is 1410. The minimum absolute atomic E-state index is 0.00164. The zero-order valence-electron chi connectivity index (χ0n) is 18.4. The van der Waals surface area contributed by atoms with Crippen molar-refractivity contribution in [3.63, 3.8) is 0 Å². The highest BCUT2D eigenvalue weighted by Crippen LogP contribution is 2.43. The number of carbonyl (C=O) groups excluding carboxylic acids is 2. The predicted molar refractivity (Wildman–Crippen MR) is 123 cm³/mol. The molecule has 9 heteroatoms. The second kappa shape index (κ2) is 8.96. The zero-order chi connectivity index (χ0) is 24.4. The first kappa shape index (κ1) is 22.4. The fourth-order valence-electron chi connectivity index (χ4n) is 4.02. The number of hydrogen-bond donors (Lipinski definition) is 2. The summed E-state index contributed by atoms with van der Waals surface area (Å²) in [4.78, 5) is 31.6. The standard InChI is InChI=1S/C25H20N4O5/c1-33-24(31)21-20(14-6-4-3-5-7-14)18(12-26)23(27)29(22(21)25(32)34-2)16-9-8-15-10-17(30)13-28-19(15)11-16/h3-11,13,20,30H,27H2,1-2H3. The molecule has 34 heavy (non-hydrogen) atoms. The van der Waals surface area contributed by atoms with Gasteiger partial charge in [0.2, 0.25) is 0 Å². The highest BCUT2D eigenvalue weighted by atomic mass is 16.5. The maximum Gasteiger partial charge on any atom is 0.355 e. The molecule has 3 N–H and O–H groups in total. The number of nitrogens with zero attached hydrogens (tertiary/aromatic N) is 3. The maximum absolute atomic E-state index is 13.1. The first-order chi connectivity index (χ1) is 16.4. The SMILES string of the molecule is COC(=O)C1=C(C(=O)OC)N(c2ccc3cc(O)cnc3c2)C(N)=C(C#N)C1c1ccccc1. The number of fused-ring (bicyclic) bond motifs is 1. The molecule has 3 aromatic rings. The van der Waals surface area contributed by atoms with E-state index in [1.165, 1.54) is 31.4 Å². The van der Waals surface area contributed by atoms with E-state index < -0.39 is 17.9 Å². The maximum atomic E-state index is 13.1. The molecular weight excluding hydrogens is 436 g/mol. The van der Waals surface area contributed by atoms with Crippen molar-refractivity contribution in [2.24, 2.45) is 5.73 Å². The molecule has 4 rings (SSSR count). The number of carbonyl (C=O) groups is 2. The Labute approximate surface area is 194 Å². The van der Waals surface area contributed by atoms with Gasteiger partial charge >= 0.3 is 11.9 Å². The number of esters is 2. The second-order valence-electron chi connectivity index (χ2n) is 7.41. The lowest BCUT2D eigenvalue weighted by Crippen LogP contribution is -2.40. The Morgan fingerprint density at radius 3 is 2.44 bits per heavy atom. The molecule has 1 unspecified atom stereocenters. The van der Waals surface area contributed by atoms with Crippen LogP contribution in [-0.2, 0) is 19.1 Å². The molecule has 1 aromatic heterocycles. The fraction of sp³-hybridized carbons (Fsp3) is 0.120. The van der Waals surface area contributed by atoms with E-state index in [-0.39, 0.29) is 28.4 Å². The van der Waals surface area contributed by atoms with Crippen molar-refractivity contribution in [1.29, 1.82) is 5.26 Å². The van der Waals surface area contributed by atoms with Crippen LogP contribution in [0.3, 0.4) is 0 Å². The lowest BCUT2D eigenvalue weighted by Gasteiger charge is -2.35. The largest absolute Gasteiger partial charge is 0.506 e. The number of benzene rings is 2. The number of nitriles is 1. The molecule has 9 nitrogen and oxygen atoms in total. The normalized spacial score (nSPS) is 15.8. The molecule has 0 amide bonds. The summed E-state index contributed by atoms with van der Waals surface area (Å²) >= 11 is 0. The van der Waals surface area contributed by atoms with Gasteiger partial charge in [0.15, 0.2) is 0 Å². The Balaban J connectivity index is 2.05. The van der Waals surface area contributed by atoms with Crippen molar-refractivity contribution in [2.45, 2.75) is 5.92 Å². The number of aromatic nitrogens is 1. The molecule has 2 heterocycles. The summed E-state index contributed by atoms with van der Waals surface area (Å²) in [7, 11) is 2.38. The summed E-state index contributed by atoms with van der Waals surface area (Å²) in [6.45, 7) is 0. The summed E-state index contributed by atoms with van der Waals surface area (Å²) in [5.41, 5.74) is 7.74. The summed E-state index contributed by atoms with van der Waals surface area (Å²) < 4.78 is 10.0. The summed E-state index contributed by atoms with van der Waals surface area (Å²) in [6.07, 6.45) is 1.28. The molecule has 2 aromatic carbocycles. The number of ether oxygens (including phenoxy) is 2. The van der Waals surface area contributed by atoms with E-state index in [0.29, 0.717) is 22.2 Å². The monoisotopic (exact) mass is 456 g/mol. The van der Waals surface area contributed by atoms with Crippen LogP contribution in [0.15, 0.2) is 83.5 Å². The third-order valence-corrected chi connectivity index (χ3v) is 5.52.